The summed E-state index contributed by atoms with van der Waals surface area (Å²) in [4.78, 5) is 25.8. The second kappa shape index (κ2) is 5.14. The van der Waals surface area contributed by atoms with E-state index in [2.05, 4.69) is 51.0 Å². The van der Waals surface area contributed by atoms with Crippen LogP contribution in [0.15, 0.2) is 32.2 Å². The number of carbonyl (C=O) groups excluding carboxylic acids is 2. The number of benzene rings is 1. The summed E-state index contributed by atoms with van der Waals surface area (Å²) < 4.78 is 1.36. The van der Waals surface area contributed by atoms with Crippen LogP contribution in [0.25, 0.3) is 0 Å². The molecule has 0 atom stereocenters. The Hall–Kier alpha value is -0.780. The van der Waals surface area contributed by atoms with Crippen molar-refractivity contribution in [2.24, 2.45) is 0 Å². The van der Waals surface area contributed by atoms with Gasteiger partial charge in [-0.25, -0.2) is 0 Å². The zero-order valence-electron chi connectivity index (χ0n) is 11.8. The Kier molecular flexibility index (Phi) is 3.71. The van der Waals surface area contributed by atoms with Crippen molar-refractivity contribution in [1.82, 2.24) is 5.32 Å². The molecule has 110 valence electrons. The van der Waals surface area contributed by atoms with Crippen LogP contribution in [0, 0.1) is 0 Å². The number of carbonyl (C=O) groups is 2. The standard InChI is InChI=1S/C16H15Br2NO2/c1-16(2)7-9-8(5-6-19-16)14(20)12-10(17)3-4-11(18)13(12)15(9)21/h3-4,19H,5-7H2,1-2H3. The van der Waals surface area contributed by atoms with Gasteiger partial charge in [0.25, 0.3) is 0 Å². The maximum atomic E-state index is 12.9. The Labute approximate surface area is 140 Å². The molecular weight excluding hydrogens is 398 g/mol. The summed E-state index contributed by atoms with van der Waals surface area (Å²) in [6.45, 7) is 4.84. The fraction of sp³-hybridized carbons (Fsp3) is 0.375. The van der Waals surface area contributed by atoms with Crippen LogP contribution in [0.2, 0.25) is 0 Å². The average Bonchev–Trinajstić information content (AvgIpc) is 2.57. The van der Waals surface area contributed by atoms with E-state index in [0.717, 1.165) is 0 Å². The van der Waals surface area contributed by atoms with Crippen molar-refractivity contribution in [1.29, 1.82) is 0 Å². The maximum absolute atomic E-state index is 12.9. The van der Waals surface area contributed by atoms with Crippen molar-refractivity contribution in [2.45, 2.75) is 32.2 Å². The Balaban J connectivity index is 2.23. The van der Waals surface area contributed by atoms with Crippen LogP contribution in [0.3, 0.4) is 0 Å². The van der Waals surface area contributed by atoms with Gasteiger partial charge in [-0.3, -0.25) is 9.59 Å². The molecule has 1 N–H and O–H groups in total. The van der Waals surface area contributed by atoms with Gasteiger partial charge < -0.3 is 5.32 Å². The van der Waals surface area contributed by atoms with E-state index in [1.165, 1.54) is 0 Å². The van der Waals surface area contributed by atoms with E-state index in [1.54, 1.807) is 12.1 Å². The molecule has 1 heterocycles. The van der Waals surface area contributed by atoms with Gasteiger partial charge in [-0.2, -0.15) is 0 Å². The van der Waals surface area contributed by atoms with E-state index in [9.17, 15) is 9.59 Å². The van der Waals surface area contributed by atoms with Gasteiger partial charge in [-0.05, 0) is 45.4 Å². The molecule has 0 saturated carbocycles. The van der Waals surface area contributed by atoms with Gasteiger partial charge >= 0.3 is 0 Å². The van der Waals surface area contributed by atoms with Gasteiger partial charge in [-0.15, -0.1) is 0 Å². The summed E-state index contributed by atoms with van der Waals surface area (Å²) in [5.74, 6) is -0.0446. The van der Waals surface area contributed by atoms with Crippen LogP contribution in [0.5, 0.6) is 0 Å². The molecule has 2 aliphatic rings. The summed E-state index contributed by atoms with van der Waals surface area (Å²) in [5, 5.41) is 3.40. The van der Waals surface area contributed by atoms with Crippen LogP contribution < -0.4 is 5.32 Å². The minimum atomic E-state index is -0.178. The van der Waals surface area contributed by atoms with Crippen LogP contribution in [0.4, 0.5) is 0 Å². The lowest BCUT2D eigenvalue weighted by molar-refractivity contribution is 0.0967. The molecule has 5 heteroatoms. The van der Waals surface area contributed by atoms with Crippen molar-refractivity contribution >= 4 is 43.4 Å². The quantitative estimate of drug-likeness (QED) is 0.699. The average molecular weight is 413 g/mol. The summed E-state index contributed by atoms with van der Waals surface area (Å²) in [6, 6.07) is 3.61. The highest BCUT2D eigenvalue weighted by molar-refractivity contribution is 9.11. The molecule has 1 aromatic carbocycles. The van der Waals surface area contributed by atoms with Gasteiger partial charge in [0.15, 0.2) is 11.6 Å². The lowest BCUT2D eigenvalue weighted by Crippen LogP contribution is -2.39. The highest BCUT2D eigenvalue weighted by atomic mass is 79.9. The van der Waals surface area contributed by atoms with Crippen molar-refractivity contribution < 1.29 is 9.59 Å². The third kappa shape index (κ3) is 2.45. The van der Waals surface area contributed by atoms with E-state index in [0.29, 0.717) is 50.6 Å². The van der Waals surface area contributed by atoms with Gasteiger partial charge in [0.05, 0.1) is 0 Å². The van der Waals surface area contributed by atoms with Crippen LogP contribution >= 0.6 is 31.9 Å². The number of fused-ring (bicyclic) bond motifs is 1. The first-order chi connectivity index (χ1) is 9.82. The molecule has 3 nitrogen and oxygen atoms in total. The molecule has 0 bridgehead atoms. The lowest BCUT2D eigenvalue weighted by Gasteiger charge is -2.27. The van der Waals surface area contributed by atoms with Gasteiger partial charge in [0, 0.05) is 36.8 Å². The highest BCUT2D eigenvalue weighted by Gasteiger charge is 2.38. The third-order valence-corrected chi connectivity index (χ3v) is 5.39. The second-order valence-electron chi connectivity index (χ2n) is 6.13. The van der Waals surface area contributed by atoms with Gasteiger partial charge in [-0.1, -0.05) is 31.9 Å². The van der Waals surface area contributed by atoms with E-state index < -0.39 is 0 Å². The molecule has 0 fully saturated rings. The SMILES string of the molecule is CC1(C)CC2=C(CCN1)C(=O)c1c(Br)ccc(Br)c1C2=O. The zero-order valence-corrected chi connectivity index (χ0v) is 15.0. The van der Waals surface area contributed by atoms with E-state index >= 15 is 0 Å². The van der Waals surface area contributed by atoms with E-state index in [4.69, 9.17) is 0 Å². The first-order valence-corrected chi connectivity index (χ1v) is 8.45. The molecule has 3 rings (SSSR count). The number of hydrogen-bond donors (Lipinski definition) is 1. The lowest BCUT2D eigenvalue weighted by atomic mass is 9.79. The van der Waals surface area contributed by atoms with Crippen molar-refractivity contribution in [3.05, 3.63) is 43.4 Å². The number of halogens is 2. The first-order valence-electron chi connectivity index (χ1n) is 6.86. The van der Waals surface area contributed by atoms with E-state index in [1.807, 2.05) is 0 Å². The molecule has 1 aromatic rings. The number of hydrogen-bond acceptors (Lipinski definition) is 3. The Morgan fingerprint density at radius 1 is 1.00 bits per heavy atom. The molecule has 1 aliphatic carbocycles. The fourth-order valence-corrected chi connectivity index (χ4v) is 4.07. The van der Waals surface area contributed by atoms with Crippen LogP contribution in [-0.4, -0.2) is 23.7 Å². The van der Waals surface area contributed by atoms with Crippen molar-refractivity contribution in [3.63, 3.8) is 0 Å². The highest BCUT2D eigenvalue weighted by Crippen LogP contribution is 2.39. The second-order valence-corrected chi connectivity index (χ2v) is 7.84. The normalized spacial score (nSPS) is 21.0. The monoisotopic (exact) mass is 411 g/mol. The number of Topliss-reactive ketones (excluding diaryl/α,β-unsaturated/α-hetero) is 2. The van der Waals surface area contributed by atoms with Crippen LogP contribution in [-0.2, 0) is 0 Å². The largest absolute Gasteiger partial charge is 0.311 e. The fourth-order valence-electron chi connectivity index (χ4n) is 3.05. The Bertz CT molecular complexity index is 704. The third-order valence-electron chi connectivity index (χ3n) is 4.07. The molecule has 0 amide bonds. The summed E-state index contributed by atoms with van der Waals surface area (Å²) in [7, 11) is 0. The topological polar surface area (TPSA) is 46.2 Å². The van der Waals surface area contributed by atoms with Gasteiger partial charge in [0.1, 0.15) is 0 Å². The summed E-state index contributed by atoms with van der Waals surface area (Å²) >= 11 is 6.83. The molecule has 0 unspecified atom stereocenters. The van der Waals surface area contributed by atoms with E-state index in [-0.39, 0.29) is 17.1 Å². The number of ketones is 2. The minimum Gasteiger partial charge on any atom is -0.311 e. The molecule has 1 aliphatic heterocycles. The molecule has 21 heavy (non-hydrogen) atoms. The molecular formula is C16H15Br2NO2. The summed E-state index contributed by atoms with van der Waals surface area (Å²) in [5.41, 5.74) is 2.15. The maximum Gasteiger partial charge on any atom is 0.191 e. The van der Waals surface area contributed by atoms with Crippen molar-refractivity contribution in [3.8, 4) is 0 Å². The number of rotatable bonds is 0. The Morgan fingerprint density at radius 3 is 2.10 bits per heavy atom. The number of nitrogens with one attached hydrogen (secondary N) is 1. The smallest absolute Gasteiger partial charge is 0.191 e. The Morgan fingerprint density at radius 2 is 1.52 bits per heavy atom. The van der Waals surface area contributed by atoms with Crippen LogP contribution in [0.1, 0.15) is 47.4 Å². The summed E-state index contributed by atoms with van der Waals surface area (Å²) in [6.07, 6.45) is 1.17. The van der Waals surface area contributed by atoms with Crippen molar-refractivity contribution in [2.75, 3.05) is 6.54 Å². The predicted molar refractivity (Wildman–Crippen MR) is 88.8 cm³/mol. The minimum absolute atomic E-state index is 0.0210. The molecule has 0 aromatic heterocycles. The van der Waals surface area contributed by atoms with Gasteiger partial charge in [0.2, 0.25) is 0 Å². The first kappa shape index (κ1) is 15.1. The predicted octanol–water partition coefficient (Wildman–Crippen LogP) is 4.05. The molecule has 0 saturated heterocycles. The molecule has 0 spiro atoms. The molecule has 0 radical (unpaired) electrons. The zero-order chi connectivity index (χ0) is 15.4.